The summed E-state index contributed by atoms with van der Waals surface area (Å²) in [7, 11) is 0. The molecule has 8 heteroatoms. The molecule has 3 rings (SSSR count). The van der Waals surface area contributed by atoms with Crippen LogP contribution in [0.4, 0.5) is 5.69 Å². The third-order valence-electron chi connectivity index (χ3n) is 3.95. The lowest BCUT2D eigenvalue weighted by Crippen LogP contribution is -2.14. The Balaban J connectivity index is 1.90. The maximum absolute atomic E-state index is 12.6. The van der Waals surface area contributed by atoms with Gasteiger partial charge < -0.3 is 10.4 Å². The van der Waals surface area contributed by atoms with Gasteiger partial charge in [-0.15, -0.1) is 11.3 Å². The van der Waals surface area contributed by atoms with E-state index < -0.39 is 11.9 Å². The van der Waals surface area contributed by atoms with Crippen LogP contribution >= 0.6 is 34.5 Å². The number of amides is 1. The summed E-state index contributed by atoms with van der Waals surface area (Å²) in [6.07, 6.45) is 0. The Morgan fingerprint density at radius 1 is 1.07 bits per heavy atom. The molecule has 0 radical (unpaired) electrons. The van der Waals surface area contributed by atoms with Crippen molar-refractivity contribution < 1.29 is 14.7 Å². The molecule has 3 aromatic rings. The number of rotatable bonds is 5. The number of carboxylic acid groups (broad SMARTS) is 1. The first-order chi connectivity index (χ1) is 13.3. The topological polar surface area (TPSA) is 90.3 Å². The number of carbonyl (C=O) groups excluding carboxylic acids is 1. The first kappa shape index (κ1) is 20.1. The van der Waals surface area contributed by atoms with Crippen LogP contribution in [0.5, 0.6) is 0 Å². The molecular formula is C20H14Cl2N2O3S. The minimum Gasteiger partial charge on any atom is -0.478 e. The van der Waals surface area contributed by atoms with E-state index in [4.69, 9.17) is 33.7 Å². The lowest BCUT2D eigenvalue weighted by Gasteiger charge is -2.10. The maximum Gasteiger partial charge on any atom is 0.335 e. The Labute approximate surface area is 175 Å². The Bertz CT molecular complexity index is 1090. The van der Waals surface area contributed by atoms with Crippen LogP contribution < -0.4 is 5.32 Å². The van der Waals surface area contributed by atoms with Gasteiger partial charge in [-0.05, 0) is 37.3 Å². The third-order valence-corrected chi connectivity index (χ3v) is 5.83. The molecule has 2 aromatic carbocycles. The molecular weight excluding hydrogens is 419 g/mol. The van der Waals surface area contributed by atoms with E-state index >= 15 is 0 Å². The summed E-state index contributed by atoms with van der Waals surface area (Å²) in [4.78, 5) is 25.1. The Kier molecular flexibility index (Phi) is 5.84. The summed E-state index contributed by atoms with van der Waals surface area (Å²) >= 11 is 13.5. The summed E-state index contributed by atoms with van der Waals surface area (Å²) in [6, 6.07) is 12.6. The summed E-state index contributed by atoms with van der Waals surface area (Å²) in [5.41, 5.74) is 1.59. The number of aryl methyl sites for hydroxylation is 1. The van der Waals surface area contributed by atoms with Crippen molar-refractivity contribution in [1.29, 1.82) is 5.41 Å². The second-order valence-corrected chi connectivity index (χ2v) is 7.95. The number of halogens is 2. The highest BCUT2D eigenvalue weighted by atomic mass is 35.5. The van der Waals surface area contributed by atoms with Gasteiger partial charge in [0, 0.05) is 10.4 Å². The SMILES string of the molecule is Cc1cc(NC(=O)c2cccc(Cl)c2Cl)c(C(=N)c2ccc(C(=O)O)cc2)s1. The largest absolute Gasteiger partial charge is 0.478 e. The number of nitrogens with one attached hydrogen (secondary N) is 2. The highest BCUT2D eigenvalue weighted by Crippen LogP contribution is 2.31. The Morgan fingerprint density at radius 3 is 2.36 bits per heavy atom. The van der Waals surface area contributed by atoms with Gasteiger partial charge in [-0.2, -0.15) is 0 Å². The fourth-order valence-corrected chi connectivity index (χ4v) is 3.90. The molecule has 1 amide bonds. The Hall–Kier alpha value is -2.67. The normalized spacial score (nSPS) is 10.5. The van der Waals surface area contributed by atoms with E-state index in [1.165, 1.54) is 23.5 Å². The zero-order valence-electron chi connectivity index (χ0n) is 14.5. The lowest BCUT2D eigenvalue weighted by molar-refractivity contribution is 0.0696. The third kappa shape index (κ3) is 4.09. The number of thiophene rings is 1. The molecule has 1 heterocycles. The van der Waals surface area contributed by atoms with E-state index in [1.807, 2.05) is 6.92 Å². The minimum absolute atomic E-state index is 0.142. The molecule has 0 saturated carbocycles. The van der Waals surface area contributed by atoms with E-state index in [9.17, 15) is 9.59 Å². The van der Waals surface area contributed by atoms with Crippen molar-refractivity contribution in [3.8, 4) is 0 Å². The molecule has 0 aliphatic heterocycles. The monoisotopic (exact) mass is 432 g/mol. The molecule has 0 bridgehead atoms. The van der Waals surface area contributed by atoms with E-state index in [-0.39, 0.29) is 26.9 Å². The molecule has 28 heavy (non-hydrogen) atoms. The van der Waals surface area contributed by atoms with Crippen molar-refractivity contribution in [2.24, 2.45) is 0 Å². The van der Waals surface area contributed by atoms with E-state index in [2.05, 4.69) is 5.32 Å². The van der Waals surface area contributed by atoms with E-state index in [0.717, 1.165) is 4.88 Å². The molecule has 142 valence electrons. The van der Waals surface area contributed by atoms with Crippen LogP contribution in [0.1, 0.15) is 36.0 Å². The lowest BCUT2D eigenvalue weighted by atomic mass is 10.1. The van der Waals surface area contributed by atoms with Gasteiger partial charge in [-0.25, -0.2) is 4.79 Å². The van der Waals surface area contributed by atoms with Gasteiger partial charge in [0.25, 0.3) is 5.91 Å². The van der Waals surface area contributed by atoms with Crippen molar-refractivity contribution in [1.82, 2.24) is 0 Å². The molecule has 0 spiro atoms. The summed E-state index contributed by atoms with van der Waals surface area (Å²) in [5.74, 6) is -1.46. The predicted molar refractivity (Wildman–Crippen MR) is 113 cm³/mol. The van der Waals surface area contributed by atoms with Gasteiger partial charge in [-0.1, -0.05) is 41.4 Å². The average molecular weight is 433 g/mol. The van der Waals surface area contributed by atoms with Crippen molar-refractivity contribution in [2.75, 3.05) is 5.32 Å². The van der Waals surface area contributed by atoms with Gasteiger partial charge in [0.1, 0.15) is 0 Å². The predicted octanol–water partition coefficient (Wildman–Crippen LogP) is 5.73. The van der Waals surface area contributed by atoms with Gasteiger partial charge in [-0.3, -0.25) is 10.2 Å². The van der Waals surface area contributed by atoms with Crippen molar-refractivity contribution in [2.45, 2.75) is 6.92 Å². The molecule has 0 fully saturated rings. The van der Waals surface area contributed by atoms with Gasteiger partial charge in [0.05, 0.1) is 37.4 Å². The van der Waals surface area contributed by atoms with Crippen LogP contribution in [-0.2, 0) is 0 Å². The average Bonchev–Trinajstić information content (AvgIpc) is 3.03. The summed E-state index contributed by atoms with van der Waals surface area (Å²) in [6.45, 7) is 1.87. The molecule has 0 atom stereocenters. The van der Waals surface area contributed by atoms with Crippen LogP contribution in [0.15, 0.2) is 48.5 Å². The molecule has 0 saturated heterocycles. The first-order valence-corrected chi connectivity index (χ1v) is 9.63. The molecule has 0 aliphatic rings. The quantitative estimate of drug-likeness (QED) is 0.449. The molecule has 1 aromatic heterocycles. The number of hydrogen-bond donors (Lipinski definition) is 3. The van der Waals surface area contributed by atoms with Crippen LogP contribution in [0.25, 0.3) is 0 Å². The van der Waals surface area contributed by atoms with Crippen LogP contribution in [0, 0.1) is 12.3 Å². The molecule has 5 nitrogen and oxygen atoms in total. The highest BCUT2D eigenvalue weighted by molar-refractivity contribution is 7.14. The Morgan fingerprint density at radius 2 is 1.71 bits per heavy atom. The number of anilines is 1. The second-order valence-electron chi connectivity index (χ2n) is 5.91. The first-order valence-electron chi connectivity index (χ1n) is 8.06. The maximum atomic E-state index is 12.6. The molecule has 3 N–H and O–H groups in total. The van der Waals surface area contributed by atoms with Crippen LogP contribution in [0.3, 0.4) is 0 Å². The smallest absolute Gasteiger partial charge is 0.335 e. The number of carbonyl (C=O) groups is 2. The standard InChI is InChI=1S/C20H14Cl2N2O3S/c1-10-9-15(24-19(25)13-3-2-4-14(21)16(13)22)18(28-10)17(23)11-5-7-12(8-6-11)20(26)27/h2-9,23H,1H3,(H,24,25)(H,26,27). The van der Waals surface area contributed by atoms with Gasteiger partial charge >= 0.3 is 5.97 Å². The zero-order chi connectivity index (χ0) is 20.4. The fraction of sp³-hybridized carbons (Fsp3) is 0.0500. The number of aromatic carboxylic acids is 1. The van der Waals surface area contributed by atoms with E-state index in [0.29, 0.717) is 16.1 Å². The zero-order valence-corrected chi connectivity index (χ0v) is 16.9. The summed E-state index contributed by atoms with van der Waals surface area (Å²) < 4.78 is 0. The fourth-order valence-electron chi connectivity index (χ4n) is 2.57. The van der Waals surface area contributed by atoms with Crippen molar-refractivity contribution in [3.05, 3.63) is 85.0 Å². The molecule has 0 unspecified atom stereocenters. The van der Waals surface area contributed by atoms with Crippen molar-refractivity contribution >= 4 is 57.8 Å². The minimum atomic E-state index is -1.03. The molecule has 0 aliphatic carbocycles. The van der Waals surface area contributed by atoms with Gasteiger partial charge in [0.2, 0.25) is 0 Å². The number of hydrogen-bond acceptors (Lipinski definition) is 4. The second kappa shape index (κ2) is 8.14. The summed E-state index contributed by atoms with van der Waals surface area (Å²) in [5, 5.41) is 20.7. The van der Waals surface area contributed by atoms with Crippen molar-refractivity contribution in [3.63, 3.8) is 0 Å². The van der Waals surface area contributed by atoms with Gasteiger partial charge in [0.15, 0.2) is 0 Å². The van der Waals surface area contributed by atoms with Crippen LogP contribution in [-0.4, -0.2) is 22.7 Å². The highest BCUT2D eigenvalue weighted by Gasteiger charge is 2.19. The van der Waals surface area contributed by atoms with E-state index in [1.54, 1.807) is 36.4 Å². The van der Waals surface area contributed by atoms with Crippen LogP contribution in [0.2, 0.25) is 10.0 Å². The number of benzene rings is 2. The number of carboxylic acids is 1.